The van der Waals surface area contributed by atoms with Crippen molar-refractivity contribution in [1.29, 1.82) is 0 Å². The van der Waals surface area contributed by atoms with E-state index in [1.807, 2.05) is 12.2 Å². The predicted octanol–water partition coefficient (Wildman–Crippen LogP) is 1.83. The lowest BCUT2D eigenvalue weighted by Crippen LogP contribution is -2.22. The van der Waals surface area contributed by atoms with E-state index in [0.29, 0.717) is 0 Å². The Labute approximate surface area is 53.7 Å². The molecule has 1 saturated heterocycles. The largest absolute Gasteiger partial charge is 0.555 e. The van der Waals surface area contributed by atoms with Crippen LogP contribution in [0.15, 0.2) is 23.0 Å². The van der Waals surface area contributed by atoms with Crippen molar-refractivity contribution < 1.29 is 13.2 Å². The Bertz CT molecular complexity index is 196. The number of carbonyl (C=O) groups excluding carboxylic acids is 1. The van der Waals surface area contributed by atoms with Gasteiger partial charge in [-0.05, 0) is 12.2 Å². The van der Waals surface area contributed by atoms with Crippen LogP contribution in [-0.4, -0.2) is 6.16 Å². The van der Waals surface area contributed by atoms with Crippen LogP contribution in [0, 0.1) is 0 Å². The summed E-state index contributed by atoms with van der Waals surface area (Å²) in [6.07, 6.45) is 3.05. The van der Waals surface area contributed by atoms with Crippen molar-refractivity contribution in [2.24, 2.45) is 0 Å². The zero-order valence-electron chi connectivity index (χ0n) is 4.44. The van der Waals surface area contributed by atoms with Gasteiger partial charge >= 0.3 is 6.16 Å². The van der Waals surface area contributed by atoms with E-state index in [1.54, 1.807) is 10.8 Å². The van der Waals surface area contributed by atoms with Gasteiger partial charge in [-0.15, -0.1) is 0 Å². The lowest BCUT2D eigenvalue weighted by molar-refractivity contribution is 0.126. The Morgan fingerprint density at radius 2 is 1.78 bits per heavy atom. The van der Waals surface area contributed by atoms with Gasteiger partial charge in [0, 0.05) is 10.8 Å². The van der Waals surface area contributed by atoms with Gasteiger partial charge < -0.3 is 8.37 Å². The van der Waals surface area contributed by atoms with Crippen LogP contribution in [0.1, 0.15) is 0 Å². The Hall–Kier alpha value is -0.900. The zero-order chi connectivity index (χ0) is 6.32. The van der Waals surface area contributed by atoms with E-state index in [0.717, 1.165) is 0 Å². The zero-order valence-corrected chi connectivity index (χ0v) is 5.26. The molecule has 0 bridgehead atoms. The van der Waals surface area contributed by atoms with E-state index in [9.17, 15) is 4.79 Å². The summed E-state index contributed by atoms with van der Waals surface area (Å²) in [5.74, 6) is 0. The molecule has 1 spiro atoms. The Kier molecular flexibility index (Phi) is 0.728. The number of hydrogen-bond donors (Lipinski definition) is 0. The van der Waals surface area contributed by atoms with Crippen LogP contribution in [0.4, 0.5) is 4.79 Å². The van der Waals surface area contributed by atoms with E-state index in [4.69, 9.17) is 8.37 Å². The molecule has 2 heterocycles. The molecule has 2 aliphatic rings. The SMILES string of the molecule is O=C1OS2(C=CC=C2)O1. The molecule has 2 aliphatic heterocycles. The van der Waals surface area contributed by atoms with E-state index in [2.05, 4.69) is 0 Å². The average molecular weight is 144 g/mol. The fourth-order valence-corrected chi connectivity index (χ4v) is 2.06. The summed E-state index contributed by atoms with van der Waals surface area (Å²) >= 11 is 0. The van der Waals surface area contributed by atoms with Crippen molar-refractivity contribution in [2.45, 2.75) is 0 Å². The van der Waals surface area contributed by atoms with Gasteiger partial charge in [-0.2, -0.15) is 4.79 Å². The summed E-state index contributed by atoms with van der Waals surface area (Å²) in [4.78, 5) is 10.2. The van der Waals surface area contributed by atoms with Gasteiger partial charge in [0.25, 0.3) is 0 Å². The lowest BCUT2D eigenvalue weighted by Gasteiger charge is -2.40. The number of rotatable bonds is 0. The molecule has 9 heavy (non-hydrogen) atoms. The van der Waals surface area contributed by atoms with Crippen LogP contribution in [-0.2, 0) is 8.37 Å². The molecule has 0 aromatic heterocycles. The van der Waals surface area contributed by atoms with E-state index < -0.39 is 16.7 Å². The molecule has 0 unspecified atom stereocenters. The third-order valence-electron chi connectivity index (χ3n) is 1.04. The van der Waals surface area contributed by atoms with E-state index >= 15 is 0 Å². The average Bonchev–Trinajstić information content (AvgIpc) is 2.12. The van der Waals surface area contributed by atoms with Crippen molar-refractivity contribution in [3.05, 3.63) is 23.0 Å². The Morgan fingerprint density at radius 3 is 2.22 bits per heavy atom. The summed E-state index contributed by atoms with van der Waals surface area (Å²) in [5.41, 5.74) is 0. The second kappa shape index (κ2) is 1.33. The van der Waals surface area contributed by atoms with Crippen LogP contribution in [0.2, 0.25) is 0 Å². The summed E-state index contributed by atoms with van der Waals surface area (Å²) in [7, 11) is -1.62. The topological polar surface area (TPSA) is 35.5 Å². The molecule has 0 amide bonds. The third kappa shape index (κ3) is 0.564. The highest BCUT2D eigenvalue weighted by Gasteiger charge is 2.37. The second-order valence-electron chi connectivity index (χ2n) is 1.66. The monoisotopic (exact) mass is 144 g/mol. The molecule has 3 nitrogen and oxygen atoms in total. The molecule has 0 atom stereocenters. The lowest BCUT2D eigenvalue weighted by atomic mass is 10.6. The fraction of sp³-hybridized carbons (Fsp3) is 0. The van der Waals surface area contributed by atoms with E-state index in [1.165, 1.54) is 0 Å². The smallest absolute Gasteiger partial charge is 0.301 e. The van der Waals surface area contributed by atoms with Crippen molar-refractivity contribution >= 4 is 16.7 Å². The molecule has 4 heteroatoms. The molecule has 0 aliphatic carbocycles. The minimum Gasteiger partial charge on any atom is -0.301 e. The predicted molar refractivity (Wildman–Crippen MR) is 33.4 cm³/mol. The van der Waals surface area contributed by atoms with Crippen LogP contribution < -0.4 is 0 Å². The first kappa shape index (κ1) is 4.93. The standard InChI is InChI=1S/C5H4O3S/c6-5-7-9(8-5)3-1-2-4-9/h1-4H. The molecular formula is C5H4O3S. The third-order valence-corrected chi connectivity index (χ3v) is 2.91. The molecule has 0 N–H and O–H groups in total. The van der Waals surface area contributed by atoms with Crippen molar-refractivity contribution in [3.8, 4) is 0 Å². The quantitative estimate of drug-likeness (QED) is 0.520. The highest BCUT2D eigenvalue weighted by atomic mass is 32.3. The maximum Gasteiger partial charge on any atom is 0.555 e. The van der Waals surface area contributed by atoms with Gasteiger partial charge in [0.2, 0.25) is 0 Å². The van der Waals surface area contributed by atoms with Gasteiger partial charge in [-0.1, -0.05) is 10.6 Å². The molecule has 0 radical (unpaired) electrons. The minimum absolute atomic E-state index is 0.568. The van der Waals surface area contributed by atoms with Crippen LogP contribution in [0.25, 0.3) is 0 Å². The molecule has 0 aromatic rings. The van der Waals surface area contributed by atoms with Gasteiger partial charge in [0.15, 0.2) is 0 Å². The maximum atomic E-state index is 10.2. The van der Waals surface area contributed by atoms with Crippen LogP contribution >= 0.6 is 10.6 Å². The summed E-state index contributed by atoms with van der Waals surface area (Å²) in [6.45, 7) is 0. The summed E-state index contributed by atoms with van der Waals surface area (Å²) in [6, 6.07) is 0. The summed E-state index contributed by atoms with van der Waals surface area (Å²) in [5, 5.41) is 3.52. The highest BCUT2D eigenvalue weighted by Crippen LogP contribution is 2.62. The van der Waals surface area contributed by atoms with Crippen molar-refractivity contribution in [1.82, 2.24) is 0 Å². The second-order valence-corrected chi connectivity index (χ2v) is 3.72. The molecule has 0 aromatic carbocycles. The van der Waals surface area contributed by atoms with Crippen molar-refractivity contribution in [2.75, 3.05) is 0 Å². The Morgan fingerprint density at radius 1 is 1.22 bits per heavy atom. The summed E-state index contributed by atoms with van der Waals surface area (Å²) < 4.78 is 9.47. The van der Waals surface area contributed by atoms with Gasteiger partial charge in [0.1, 0.15) is 0 Å². The molecule has 48 valence electrons. The number of carbonyl (C=O) groups is 1. The molecule has 2 rings (SSSR count). The van der Waals surface area contributed by atoms with Crippen LogP contribution in [0.5, 0.6) is 0 Å². The molecular weight excluding hydrogens is 140 g/mol. The first-order valence-electron chi connectivity index (χ1n) is 2.42. The molecule has 0 saturated carbocycles. The highest BCUT2D eigenvalue weighted by molar-refractivity contribution is 8.32. The van der Waals surface area contributed by atoms with Crippen LogP contribution in [0.3, 0.4) is 0 Å². The first-order valence-corrected chi connectivity index (χ1v) is 4.03. The van der Waals surface area contributed by atoms with Gasteiger partial charge in [-0.25, -0.2) is 0 Å². The van der Waals surface area contributed by atoms with Gasteiger partial charge in [-0.3, -0.25) is 0 Å². The Balaban J connectivity index is 2.21. The van der Waals surface area contributed by atoms with Crippen molar-refractivity contribution in [3.63, 3.8) is 0 Å². The van der Waals surface area contributed by atoms with E-state index in [-0.39, 0.29) is 0 Å². The maximum absolute atomic E-state index is 10.2. The number of allylic oxidation sites excluding steroid dienone is 2. The first-order chi connectivity index (χ1) is 4.31. The minimum atomic E-state index is -1.62. The number of hydrogen-bond acceptors (Lipinski definition) is 3. The van der Waals surface area contributed by atoms with Gasteiger partial charge in [0.05, 0.1) is 0 Å². The molecule has 1 fully saturated rings. The fourth-order valence-electron chi connectivity index (χ4n) is 0.685. The normalized spacial score (nSPS) is 29.1.